The molecule has 1 saturated heterocycles. The van der Waals surface area contributed by atoms with Crippen LogP contribution in [0.3, 0.4) is 0 Å². The van der Waals surface area contributed by atoms with Crippen LogP contribution in [-0.2, 0) is 30.5 Å². The molecule has 1 amide bonds. The molecule has 0 unspecified atom stereocenters. The number of amides is 1. The van der Waals surface area contributed by atoms with Crippen molar-refractivity contribution >= 4 is 39.2 Å². The molecule has 0 saturated carbocycles. The molecule has 0 spiro atoms. The fourth-order valence-electron chi connectivity index (χ4n) is 4.45. The maximum absolute atomic E-state index is 13.2. The van der Waals surface area contributed by atoms with Crippen molar-refractivity contribution in [1.29, 1.82) is 0 Å². The standard InChI is InChI=1S/C19H22F3N7S.C5H11NO/c1-2-5-12-10-13-15(23-18(24-16(13)30-12)27-6-3-4-7-27)28-8-9-29-14(11-28)25-26-17(29)19(20,21)22;1-4(2)5(7)6-3/h10H,2-9,11H2,1H3;4H,1-3H3,(H,6,7). The number of carbonyl (C=O) groups is 1. The summed E-state index contributed by atoms with van der Waals surface area (Å²) in [6.45, 7) is 8.56. The minimum Gasteiger partial charge on any atom is -0.359 e. The molecule has 0 radical (unpaired) electrons. The van der Waals surface area contributed by atoms with Crippen LogP contribution >= 0.6 is 11.3 Å². The van der Waals surface area contributed by atoms with Crippen LogP contribution in [0.1, 0.15) is 56.6 Å². The van der Waals surface area contributed by atoms with E-state index in [-0.39, 0.29) is 24.9 Å². The first kappa shape index (κ1) is 27.1. The Labute approximate surface area is 218 Å². The van der Waals surface area contributed by atoms with Gasteiger partial charge in [0, 0.05) is 44.0 Å². The third-order valence-corrected chi connectivity index (χ3v) is 7.46. The molecular formula is C24H33F3N8OS. The van der Waals surface area contributed by atoms with E-state index in [4.69, 9.17) is 9.97 Å². The van der Waals surface area contributed by atoms with Crippen molar-refractivity contribution in [2.75, 3.05) is 36.5 Å². The van der Waals surface area contributed by atoms with Crippen LogP contribution in [0, 0.1) is 5.92 Å². The highest BCUT2D eigenvalue weighted by molar-refractivity contribution is 7.18. The summed E-state index contributed by atoms with van der Waals surface area (Å²) in [4.78, 5) is 26.5. The van der Waals surface area contributed by atoms with Crippen LogP contribution in [0.25, 0.3) is 10.2 Å². The van der Waals surface area contributed by atoms with Gasteiger partial charge in [0.15, 0.2) is 5.82 Å². The maximum atomic E-state index is 13.2. The second kappa shape index (κ2) is 11.2. The molecule has 202 valence electrons. The van der Waals surface area contributed by atoms with Crippen LogP contribution in [-0.4, -0.2) is 57.3 Å². The number of anilines is 2. The summed E-state index contributed by atoms with van der Waals surface area (Å²) in [6, 6.07) is 2.13. The SMILES string of the molecule is CCCc1cc2c(N3CCn4c(nnc4C(F)(F)F)C3)nc(N3CCCC3)nc2s1.CNC(=O)C(C)C. The zero-order valence-corrected chi connectivity index (χ0v) is 22.4. The number of hydrogen-bond acceptors (Lipinski definition) is 8. The lowest BCUT2D eigenvalue weighted by atomic mass is 10.2. The lowest BCUT2D eigenvalue weighted by Crippen LogP contribution is -2.36. The van der Waals surface area contributed by atoms with Crippen LogP contribution in [0.15, 0.2) is 6.07 Å². The monoisotopic (exact) mass is 538 g/mol. The van der Waals surface area contributed by atoms with E-state index >= 15 is 0 Å². The fourth-order valence-corrected chi connectivity index (χ4v) is 5.57. The Kier molecular flexibility index (Phi) is 8.20. The molecule has 0 aromatic carbocycles. The van der Waals surface area contributed by atoms with Gasteiger partial charge in [-0.3, -0.25) is 4.79 Å². The van der Waals surface area contributed by atoms with Crippen molar-refractivity contribution in [2.24, 2.45) is 5.92 Å². The summed E-state index contributed by atoms with van der Waals surface area (Å²) in [5.74, 6) is 1.09. The number of rotatable bonds is 5. The number of nitrogens with zero attached hydrogens (tertiary/aromatic N) is 7. The Bertz CT molecular complexity index is 1230. The third kappa shape index (κ3) is 5.97. The van der Waals surface area contributed by atoms with E-state index in [1.54, 1.807) is 18.4 Å². The molecule has 0 aliphatic carbocycles. The van der Waals surface area contributed by atoms with E-state index in [1.807, 2.05) is 18.7 Å². The van der Waals surface area contributed by atoms with Gasteiger partial charge in [-0.05, 0) is 25.3 Å². The first-order valence-corrected chi connectivity index (χ1v) is 13.4. The highest BCUT2D eigenvalue weighted by Gasteiger charge is 2.39. The van der Waals surface area contributed by atoms with Crippen molar-refractivity contribution in [2.45, 2.75) is 65.7 Å². The van der Waals surface area contributed by atoms with Gasteiger partial charge < -0.3 is 19.7 Å². The lowest BCUT2D eigenvalue weighted by molar-refractivity contribution is -0.147. The average molecular weight is 539 g/mol. The molecule has 37 heavy (non-hydrogen) atoms. The van der Waals surface area contributed by atoms with E-state index in [2.05, 4.69) is 33.4 Å². The van der Waals surface area contributed by atoms with Gasteiger partial charge in [0.05, 0.1) is 11.9 Å². The van der Waals surface area contributed by atoms with Crippen LogP contribution in [0.2, 0.25) is 0 Å². The molecule has 1 N–H and O–H groups in total. The van der Waals surface area contributed by atoms with Crippen molar-refractivity contribution in [3.05, 3.63) is 22.6 Å². The van der Waals surface area contributed by atoms with E-state index in [9.17, 15) is 18.0 Å². The lowest BCUT2D eigenvalue weighted by Gasteiger charge is -2.30. The number of hydrogen-bond donors (Lipinski definition) is 1. The Balaban J connectivity index is 0.000000405. The molecule has 1 fully saturated rings. The van der Waals surface area contributed by atoms with E-state index in [1.165, 1.54) is 9.44 Å². The normalized spacial score (nSPS) is 15.7. The predicted octanol–water partition coefficient (Wildman–Crippen LogP) is 4.26. The molecular weight excluding hydrogens is 505 g/mol. The molecule has 0 atom stereocenters. The first-order valence-electron chi connectivity index (χ1n) is 12.6. The molecule has 3 aromatic rings. The molecule has 3 aromatic heterocycles. The van der Waals surface area contributed by atoms with Crippen molar-refractivity contribution in [3.8, 4) is 0 Å². The molecule has 9 nitrogen and oxygen atoms in total. The summed E-state index contributed by atoms with van der Waals surface area (Å²) in [5.41, 5.74) is 0. The van der Waals surface area contributed by atoms with Crippen molar-refractivity contribution in [3.63, 3.8) is 0 Å². The number of fused-ring (bicyclic) bond motifs is 2. The third-order valence-electron chi connectivity index (χ3n) is 6.37. The number of halogens is 3. The maximum Gasteiger partial charge on any atom is 0.451 e. The fraction of sp³-hybridized carbons (Fsp3) is 0.625. The number of alkyl halides is 3. The molecule has 13 heteroatoms. The Hall–Kier alpha value is -2.96. The van der Waals surface area contributed by atoms with E-state index in [0.717, 1.165) is 54.8 Å². The van der Waals surface area contributed by atoms with Crippen LogP contribution < -0.4 is 15.1 Å². The van der Waals surface area contributed by atoms with Gasteiger partial charge in [0.2, 0.25) is 17.7 Å². The Morgan fingerprint density at radius 2 is 1.84 bits per heavy atom. The Morgan fingerprint density at radius 3 is 2.43 bits per heavy atom. The minimum absolute atomic E-state index is 0.0972. The van der Waals surface area contributed by atoms with Crippen LogP contribution in [0.5, 0.6) is 0 Å². The van der Waals surface area contributed by atoms with Crippen molar-refractivity contribution in [1.82, 2.24) is 30.0 Å². The molecule has 5 rings (SSSR count). The quantitative estimate of drug-likeness (QED) is 0.519. The smallest absolute Gasteiger partial charge is 0.359 e. The summed E-state index contributed by atoms with van der Waals surface area (Å²) in [6.07, 6.45) is -0.240. The number of aromatic nitrogens is 5. The number of aryl methyl sites for hydroxylation is 1. The van der Waals surface area contributed by atoms with Gasteiger partial charge in [0.25, 0.3) is 0 Å². The summed E-state index contributed by atoms with van der Waals surface area (Å²) in [7, 11) is 1.64. The molecule has 5 heterocycles. The second-order valence-corrected chi connectivity index (χ2v) is 10.6. The predicted molar refractivity (Wildman–Crippen MR) is 138 cm³/mol. The summed E-state index contributed by atoms with van der Waals surface area (Å²) < 4.78 is 40.7. The van der Waals surface area contributed by atoms with E-state index in [0.29, 0.717) is 18.3 Å². The van der Waals surface area contributed by atoms with Gasteiger partial charge in [0.1, 0.15) is 10.6 Å². The number of nitrogens with one attached hydrogen (secondary N) is 1. The zero-order valence-electron chi connectivity index (χ0n) is 21.6. The second-order valence-electron chi connectivity index (χ2n) is 9.50. The molecule has 2 aliphatic rings. The summed E-state index contributed by atoms with van der Waals surface area (Å²) >= 11 is 1.68. The van der Waals surface area contributed by atoms with Gasteiger partial charge in [-0.25, -0.2) is 4.98 Å². The highest BCUT2D eigenvalue weighted by Crippen LogP contribution is 2.36. The molecule has 2 aliphatic heterocycles. The zero-order chi connectivity index (χ0) is 26.7. The van der Waals surface area contributed by atoms with Gasteiger partial charge in [-0.1, -0.05) is 27.2 Å². The number of thiophene rings is 1. The van der Waals surface area contributed by atoms with Gasteiger partial charge in [-0.15, -0.1) is 21.5 Å². The largest absolute Gasteiger partial charge is 0.451 e. The minimum atomic E-state index is -4.50. The number of carbonyl (C=O) groups excluding carboxylic acids is 1. The van der Waals surface area contributed by atoms with Crippen molar-refractivity contribution < 1.29 is 18.0 Å². The van der Waals surface area contributed by atoms with Gasteiger partial charge in [-0.2, -0.15) is 18.2 Å². The summed E-state index contributed by atoms with van der Waals surface area (Å²) in [5, 5.41) is 10.7. The average Bonchev–Trinajstić information content (AvgIpc) is 3.61. The molecule has 0 bridgehead atoms. The van der Waals surface area contributed by atoms with Crippen LogP contribution in [0.4, 0.5) is 24.9 Å². The van der Waals surface area contributed by atoms with E-state index < -0.39 is 12.0 Å². The highest BCUT2D eigenvalue weighted by atomic mass is 32.1. The van der Waals surface area contributed by atoms with Gasteiger partial charge >= 0.3 is 6.18 Å². The first-order chi connectivity index (χ1) is 17.6. The topological polar surface area (TPSA) is 92.1 Å². The Morgan fingerprint density at radius 1 is 1.11 bits per heavy atom.